The molecule has 4 rings (SSSR count). The summed E-state index contributed by atoms with van der Waals surface area (Å²) in [5.41, 5.74) is 1.31. The van der Waals surface area contributed by atoms with Gasteiger partial charge in [-0.1, -0.05) is 0 Å². The highest BCUT2D eigenvalue weighted by Crippen LogP contribution is 2.34. The van der Waals surface area contributed by atoms with E-state index in [-0.39, 0.29) is 18.0 Å². The molecule has 1 N–H and O–H groups in total. The minimum atomic E-state index is -0.291. The van der Waals surface area contributed by atoms with E-state index in [0.29, 0.717) is 22.5 Å². The van der Waals surface area contributed by atoms with Gasteiger partial charge in [0.25, 0.3) is 5.56 Å². The van der Waals surface area contributed by atoms with Gasteiger partial charge in [0.05, 0.1) is 18.3 Å². The van der Waals surface area contributed by atoms with Crippen LogP contribution in [0.3, 0.4) is 0 Å². The van der Waals surface area contributed by atoms with Crippen LogP contribution in [0.25, 0.3) is 20.7 Å². The lowest BCUT2D eigenvalue weighted by Crippen LogP contribution is -2.27. The fourth-order valence-corrected chi connectivity index (χ4v) is 4.86. The number of fused-ring (bicyclic) bond motifs is 1. The molecular weight excluding hydrogens is 406 g/mol. The van der Waals surface area contributed by atoms with Crippen molar-refractivity contribution in [2.45, 2.75) is 20.4 Å². The number of thiophene rings is 2. The van der Waals surface area contributed by atoms with E-state index in [2.05, 4.69) is 10.3 Å². The number of carbonyl (C=O) groups is 1. The molecule has 29 heavy (non-hydrogen) atoms. The van der Waals surface area contributed by atoms with Crippen LogP contribution in [0, 0.1) is 6.92 Å². The fourth-order valence-electron chi connectivity index (χ4n) is 3.00. The fraction of sp³-hybridized carbons (Fsp3) is 0.190. The topological polar surface area (TPSA) is 73.2 Å². The van der Waals surface area contributed by atoms with Gasteiger partial charge in [-0.3, -0.25) is 14.2 Å². The van der Waals surface area contributed by atoms with Crippen LogP contribution in [0.15, 0.2) is 52.9 Å². The van der Waals surface area contributed by atoms with Crippen LogP contribution in [-0.2, 0) is 11.3 Å². The van der Waals surface area contributed by atoms with E-state index >= 15 is 0 Å². The maximum Gasteiger partial charge on any atom is 0.263 e. The highest BCUT2D eigenvalue weighted by atomic mass is 32.1. The van der Waals surface area contributed by atoms with Crippen molar-refractivity contribution in [3.8, 4) is 16.2 Å². The molecule has 0 unspecified atom stereocenters. The molecule has 3 aromatic heterocycles. The third-order valence-electron chi connectivity index (χ3n) is 4.33. The normalized spacial score (nSPS) is 11.0. The molecule has 0 fully saturated rings. The third-order valence-corrected chi connectivity index (χ3v) is 6.25. The van der Waals surface area contributed by atoms with Gasteiger partial charge in [0.1, 0.15) is 17.1 Å². The van der Waals surface area contributed by atoms with Gasteiger partial charge in [-0.05, 0) is 50.2 Å². The summed E-state index contributed by atoms with van der Waals surface area (Å²) in [4.78, 5) is 32.8. The Balaban J connectivity index is 1.57. The Labute approximate surface area is 175 Å². The van der Waals surface area contributed by atoms with Crippen LogP contribution in [0.4, 0.5) is 5.69 Å². The Morgan fingerprint density at radius 2 is 2.00 bits per heavy atom. The van der Waals surface area contributed by atoms with Crippen LogP contribution >= 0.6 is 22.7 Å². The first kappa shape index (κ1) is 19.4. The van der Waals surface area contributed by atoms with Crippen molar-refractivity contribution in [3.05, 3.63) is 63.3 Å². The first-order chi connectivity index (χ1) is 14.0. The maximum atomic E-state index is 13.0. The Morgan fingerprint density at radius 3 is 2.69 bits per heavy atom. The number of hydrogen-bond acceptors (Lipinski definition) is 6. The van der Waals surface area contributed by atoms with E-state index in [0.717, 1.165) is 16.2 Å². The largest absolute Gasteiger partial charge is 0.494 e. The van der Waals surface area contributed by atoms with Gasteiger partial charge in [0.2, 0.25) is 5.91 Å². The van der Waals surface area contributed by atoms with E-state index in [1.54, 1.807) is 35.6 Å². The standard InChI is InChI=1S/C21H19N3O3S2/c1-3-27-15-7-5-14(6-8-15)23-18(25)10-24-12-22-20-19(21(24)26)16(11-28-20)17-9-4-13(2)29-17/h4-9,11-12H,3,10H2,1-2H3,(H,23,25). The molecule has 8 heteroatoms. The Hall–Kier alpha value is -2.97. The number of rotatable bonds is 6. The minimum absolute atomic E-state index is 0.103. The lowest BCUT2D eigenvalue weighted by atomic mass is 10.2. The quantitative estimate of drug-likeness (QED) is 0.492. The van der Waals surface area contributed by atoms with E-state index < -0.39 is 0 Å². The molecule has 3 heterocycles. The second-order valence-electron chi connectivity index (χ2n) is 6.42. The van der Waals surface area contributed by atoms with Crippen molar-refractivity contribution < 1.29 is 9.53 Å². The molecule has 0 radical (unpaired) electrons. The number of nitrogens with zero attached hydrogens (tertiary/aromatic N) is 2. The molecule has 0 aliphatic carbocycles. The van der Waals surface area contributed by atoms with E-state index in [9.17, 15) is 9.59 Å². The maximum absolute atomic E-state index is 13.0. The van der Waals surface area contributed by atoms with Crippen molar-refractivity contribution in [1.82, 2.24) is 9.55 Å². The number of amides is 1. The number of benzene rings is 1. The number of anilines is 1. The first-order valence-electron chi connectivity index (χ1n) is 9.11. The second-order valence-corrected chi connectivity index (χ2v) is 8.57. The van der Waals surface area contributed by atoms with Gasteiger partial charge in [-0.25, -0.2) is 4.98 Å². The molecule has 0 spiro atoms. The van der Waals surface area contributed by atoms with Gasteiger partial charge in [-0.15, -0.1) is 22.7 Å². The molecule has 4 aromatic rings. The molecule has 6 nitrogen and oxygen atoms in total. The minimum Gasteiger partial charge on any atom is -0.494 e. The van der Waals surface area contributed by atoms with Crippen LogP contribution in [0.1, 0.15) is 11.8 Å². The Morgan fingerprint density at radius 1 is 1.21 bits per heavy atom. The zero-order valence-electron chi connectivity index (χ0n) is 16.0. The van der Waals surface area contributed by atoms with Crippen LogP contribution in [0.2, 0.25) is 0 Å². The van der Waals surface area contributed by atoms with Crippen LogP contribution in [-0.4, -0.2) is 22.1 Å². The molecular formula is C21H19N3O3S2. The number of nitrogens with one attached hydrogen (secondary N) is 1. The summed E-state index contributed by atoms with van der Waals surface area (Å²) in [6.07, 6.45) is 1.43. The molecule has 0 bridgehead atoms. The van der Waals surface area contributed by atoms with Crippen molar-refractivity contribution in [2.24, 2.45) is 0 Å². The summed E-state index contributed by atoms with van der Waals surface area (Å²) in [7, 11) is 0. The third kappa shape index (κ3) is 4.08. The second kappa shape index (κ2) is 8.18. The van der Waals surface area contributed by atoms with Crippen LogP contribution in [0.5, 0.6) is 5.75 Å². The summed E-state index contributed by atoms with van der Waals surface area (Å²) in [5.74, 6) is 0.450. The molecule has 0 aliphatic rings. The Bertz CT molecular complexity index is 1220. The van der Waals surface area contributed by atoms with E-state index in [4.69, 9.17) is 4.74 Å². The van der Waals surface area contributed by atoms with Gasteiger partial charge in [0, 0.05) is 26.4 Å². The lowest BCUT2D eigenvalue weighted by Gasteiger charge is -2.08. The molecule has 1 aromatic carbocycles. The summed E-state index contributed by atoms with van der Waals surface area (Å²) in [5, 5.41) is 5.32. The van der Waals surface area contributed by atoms with Crippen molar-refractivity contribution in [2.75, 3.05) is 11.9 Å². The molecule has 148 valence electrons. The number of ether oxygens (including phenoxy) is 1. The average Bonchev–Trinajstić information content (AvgIpc) is 3.32. The summed E-state index contributed by atoms with van der Waals surface area (Å²) >= 11 is 3.07. The summed E-state index contributed by atoms with van der Waals surface area (Å²) in [6.45, 7) is 4.43. The van der Waals surface area contributed by atoms with Crippen molar-refractivity contribution in [1.29, 1.82) is 0 Å². The number of hydrogen-bond donors (Lipinski definition) is 1. The van der Waals surface area contributed by atoms with E-state index in [1.165, 1.54) is 27.1 Å². The predicted molar refractivity (Wildman–Crippen MR) is 118 cm³/mol. The van der Waals surface area contributed by atoms with Gasteiger partial charge < -0.3 is 10.1 Å². The van der Waals surface area contributed by atoms with Crippen molar-refractivity contribution in [3.63, 3.8) is 0 Å². The highest BCUT2D eigenvalue weighted by molar-refractivity contribution is 7.19. The zero-order chi connectivity index (χ0) is 20.4. The Kier molecular flexibility index (Phi) is 5.46. The molecule has 0 saturated carbocycles. The summed E-state index contributed by atoms with van der Waals surface area (Å²) < 4.78 is 6.75. The first-order valence-corrected chi connectivity index (χ1v) is 10.8. The molecule has 0 aliphatic heterocycles. The smallest absolute Gasteiger partial charge is 0.263 e. The number of aromatic nitrogens is 2. The highest BCUT2D eigenvalue weighted by Gasteiger charge is 2.15. The van der Waals surface area contributed by atoms with Gasteiger partial charge in [-0.2, -0.15) is 0 Å². The van der Waals surface area contributed by atoms with E-state index in [1.807, 2.05) is 31.4 Å². The monoisotopic (exact) mass is 425 g/mol. The zero-order valence-corrected chi connectivity index (χ0v) is 17.6. The van der Waals surface area contributed by atoms with Crippen LogP contribution < -0.4 is 15.6 Å². The predicted octanol–water partition coefficient (Wildman–Crippen LogP) is 4.53. The molecule has 0 atom stereocenters. The SMILES string of the molecule is CCOc1ccc(NC(=O)Cn2cnc3scc(-c4ccc(C)s4)c3c2=O)cc1. The average molecular weight is 426 g/mol. The number of carbonyl (C=O) groups excluding carboxylic acids is 1. The summed E-state index contributed by atoms with van der Waals surface area (Å²) in [6, 6.07) is 11.2. The number of aryl methyl sites for hydroxylation is 1. The molecule has 0 saturated heterocycles. The van der Waals surface area contributed by atoms with Crippen molar-refractivity contribution >= 4 is 44.5 Å². The lowest BCUT2D eigenvalue weighted by molar-refractivity contribution is -0.116. The molecule has 1 amide bonds. The van der Waals surface area contributed by atoms with Gasteiger partial charge >= 0.3 is 0 Å². The van der Waals surface area contributed by atoms with Gasteiger partial charge in [0.15, 0.2) is 0 Å².